The van der Waals surface area contributed by atoms with Crippen LogP contribution in [-0.4, -0.2) is 55.0 Å². The Morgan fingerprint density at radius 3 is 2.56 bits per heavy atom. The second kappa shape index (κ2) is 10.2. The molecule has 0 saturated carbocycles. The van der Waals surface area contributed by atoms with Gasteiger partial charge in [-0.25, -0.2) is 0 Å². The Bertz CT molecular complexity index is 542. The first-order valence-corrected chi connectivity index (χ1v) is 9.17. The van der Waals surface area contributed by atoms with Crippen molar-refractivity contribution in [1.29, 1.82) is 0 Å². The van der Waals surface area contributed by atoms with Gasteiger partial charge in [0.05, 0.1) is 12.6 Å². The second-order valence-electron chi connectivity index (χ2n) is 6.71. The van der Waals surface area contributed by atoms with Gasteiger partial charge >= 0.3 is 0 Å². The van der Waals surface area contributed by atoms with Gasteiger partial charge < -0.3 is 16.4 Å². The molecule has 25 heavy (non-hydrogen) atoms. The highest BCUT2D eigenvalue weighted by atomic mass is 16.2. The van der Waals surface area contributed by atoms with Gasteiger partial charge in [-0.1, -0.05) is 37.3 Å². The van der Waals surface area contributed by atoms with Crippen LogP contribution in [0.1, 0.15) is 31.7 Å². The lowest BCUT2D eigenvalue weighted by Gasteiger charge is -2.32. The minimum Gasteiger partial charge on any atom is -0.355 e. The lowest BCUT2D eigenvalue weighted by Crippen LogP contribution is -2.51. The first-order chi connectivity index (χ1) is 12.1. The van der Waals surface area contributed by atoms with Crippen molar-refractivity contribution in [2.75, 3.05) is 26.2 Å². The summed E-state index contributed by atoms with van der Waals surface area (Å²) in [5.41, 5.74) is 7.10. The lowest BCUT2D eigenvalue weighted by molar-refractivity contribution is -0.124. The standard InChI is InChI=1S/C19H30N4O2/c1-2-10-21-18(24)14-23-11-8-16(9-12-23)22-19(25)17(20)13-15-6-4-3-5-7-15/h3-7,16-17H,2,8-14,20H2,1H3,(H,21,24)(H,22,25). The van der Waals surface area contributed by atoms with Gasteiger partial charge in [0.25, 0.3) is 0 Å². The van der Waals surface area contributed by atoms with Crippen LogP contribution in [0.3, 0.4) is 0 Å². The number of hydrogen-bond donors (Lipinski definition) is 3. The zero-order valence-electron chi connectivity index (χ0n) is 15.0. The van der Waals surface area contributed by atoms with Gasteiger partial charge in [0, 0.05) is 25.7 Å². The zero-order chi connectivity index (χ0) is 18.1. The Morgan fingerprint density at radius 1 is 1.24 bits per heavy atom. The number of carbonyl (C=O) groups is 2. The van der Waals surface area contributed by atoms with Crippen LogP contribution < -0.4 is 16.4 Å². The van der Waals surface area contributed by atoms with E-state index in [4.69, 9.17) is 5.73 Å². The van der Waals surface area contributed by atoms with Crippen molar-refractivity contribution in [3.8, 4) is 0 Å². The minimum atomic E-state index is -0.528. The summed E-state index contributed by atoms with van der Waals surface area (Å²) in [5.74, 6) is -0.0165. The smallest absolute Gasteiger partial charge is 0.237 e. The maximum atomic E-state index is 12.3. The number of piperidine rings is 1. The zero-order valence-corrected chi connectivity index (χ0v) is 15.0. The van der Waals surface area contributed by atoms with E-state index >= 15 is 0 Å². The molecule has 138 valence electrons. The van der Waals surface area contributed by atoms with Crippen LogP contribution >= 0.6 is 0 Å². The number of benzene rings is 1. The first-order valence-electron chi connectivity index (χ1n) is 9.17. The van der Waals surface area contributed by atoms with E-state index in [1.165, 1.54) is 0 Å². The molecule has 1 fully saturated rings. The topological polar surface area (TPSA) is 87.5 Å². The number of carbonyl (C=O) groups excluding carboxylic acids is 2. The van der Waals surface area contributed by atoms with E-state index in [2.05, 4.69) is 15.5 Å². The molecule has 2 rings (SSSR count). The van der Waals surface area contributed by atoms with Crippen LogP contribution in [0.2, 0.25) is 0 Å². The van der Waals surface area contributed by atoms with Crippen molar-refractivity contribution in [2.45, 2.75) is 44.7 Å². The third kappa shape index (κ3) is 6.84. The molecule has 1 aromatic carbocycles. The van der Waals surface area contributed by atoms with Crippen molar-refractivity contribution < 1.29 is 9.59 Å². The molecular formula is C19H30N4O2. The maximum absolute atomic E-state index is 12.3. The number of rotatable bonds is 8. The number of nitrogens with two attached hydrogens (primary N) is 1. The third-order valence-corrected chi connectivity index (χ3v) is 4.51. The predicted molar refractivity (Wildman–Crippen MR) is 99.0 cm³/mol. The monoisotopic (exact) mass is 346 g/mol. The van der Waals surface area contributed by atoms with Crippen LogP contribution in [0.4, 0.5) is 0 Å². The molecule has 1 unspecified atom stereocenters. The highest BCUT2D eigenvalue weighted by Gasteiger charge is 2.24. The summed E-state index contributed by atoms with van der Waals surface area (Å²) in [6.07, 6.45) is 3.20. The molecule has 1 aromatic rings. The van der Waals surface area contributed by atoms with Gasteiger partial charge in [0.15, 0.2) is 0 Å². The molecule has 4 N–H and O–H groups in total. The van der Waals surface area contributed by atoms with E-state index in [-0.39, 0.29) is 17.9 Å². The Labute approximate surface area is 150 Å². The summed E-state index contributed by atoms with van der Waals surface area (Å²) in [4.78, 5) is 26.2. The number of likely N-dealkylation sites (tertiary alicyclic amines) is 1. The third-order valence-electron chi connectivity index (χ3n) is 4.51. The number of nitrogens with one attached hydrogen (secondary N) is 2. The highest BCUT2D eigenvalue weighted by molar-refractivity contribution is 5.82. The van der Waals surface area contributed by atoms with Crippen LogP contribution in [-0.2, 0) is 16.0 Å². The van der Waals surface area contributed by atoms with Gasteiger partial charge in [-0.05, 0) is 31.2 Å². The quantitative estimate of drug-likeness (QED) is 0.645. The Balaban J connectivity index is 1.68. The molecule has 0 aliphatic carbocycles. The number of nitrogens with zero attached hydrogens (tertiary/aromatic N) is 1. The van der Waals surface area contributed by atoms with E-state index in [1.54, 1.807) is 0 Å². The average Bonchev–Trinajstić information content (AvgIpc) is 2.62. The maximum Gasteiger partial charge on any atom is 0.237 e. The molecule has 0 bridgehead atoms. The van der Waals surface area contributed by atoms with E-state index < -0.39 is 6.04 Å². The van der Waals surface area contributed by atoms with Crippen LogP contribution in [0.25, 0.3) is 0 Å². The van der Waals surface area contributed by atoms with Crippen molar-refractivity contribution in [3.63, 3.8) is 0 Å². The summed E-state index contributed by atoms with van der Waals surface area (Å²) in [6, 6.07) is 9.43. The fraction of sp³-hybridized carbons (Fsp3) is 0.579. The molecule has 1 atom stereocenters. The minimum absolute atomic E-state index is 0.0780. The van der Waals surface area contributed by atoms with E-state index in [0.29, 0.717) is 13.0 Å². The van der Waals surface area contributed by atoms with Crippen LogP contribution in [0, 0.1) is 0 Å². The largest absolute Gasteiger partial charge is 0.355 e. The fourth-order valence-electron chi connectivity index (χ4n) is 3.03. The Hall–Kier alpha value is -1.92. The lowest BCUT2D eigenvalue weighted by atomic mass is 10.0. The fourth-order valence-corrected chi connectivity index (χ4v) is 3.03. The molecule has 6 heteroatoms. The molecule has 1 saturated heterocycles. The van der Waals surface area contributed by atoms with Gasteiger partial charge in [0.2, 0.25) is 11.8 Å². The summed E-state index contributed by atoms with van der Waals surface area (Å²) < 4.78 is 0. The van der Waals surface area contributed by atoms with Gasteiger partial charge in [0.1, 0.15) is 0 Å². The normalized spacial score (nSPS) is 17.0. The average molecular weight is 346 g/mol. The van der Waals surface area contributed by atoms with Crippen molar-refractivity contribution in [1.82, 2.24) is 15.5 Å². The van der Waals surface area contributed by atoms with Crippen molar-refractivity contribution in [3.05, 3.63) is 35.9 Å². The predicted octanol–water partition coefficient (Wildman–Crippen LogP) is 0.663. The van der Waals surface area contributed by atoms with Gasteiger partial charge in [-0.3, -0.25) is 14.5 Å². The van der Waals surface area contributed by atoms with Crippen LogP contribution in [0.15, 0.2) is 30.3 Å². The SMILES string of the molecule is CCCNC(=O)CN1CCC(NC(=O)C(N)Cc2ccccc2)CC1. The molecule has 1 aliphatic heterocycles. The molecular weight excluding hydrogens is 316 g/mol. The van der Waals surface area contributed by atoms with Crippen LogP contribution in [0.5, 0.6) is 0 Å². The summed E-state index contributed by atoms with van der Waals surface area (Å²) in [6.45, 7) is 4.84. The molecule has 1 aliphatic rings. The summed E-state index contributed by atoms with van der Waals surface area (Å²) in [5, 5.41) is 5.95. The Morgan fingerprint density at radius 2 is 1.92 bits per heavy atom. The molecule has 1 heterocycles. The van der Waals surface area contributed by atoms with E-state index in [9.17, 15) is 9.59 Å². The highest BCUT2D eigenvalue weighted by Crippen LogP contribution is 2.10. The molecule has 2 amide bonds. The second-order valence-corrected chi connectivity index (χ2v) is 6.71. The van der Waals surface area contributed by atoms with E-state index in [0.717, 1.165) is 44.5 Å². The summed E-state index contributed by atoms with van der Waals surface area (Å²) >= 11 is 0. The molecule has 0 spiro atoms. The Kier molecular flexibility index (Phi) is 7.88. The van der Waals surface area contributed by atoms with Crippen molar-refractivity contribution >= 4 is 11.8 Å². The number of hydrogen-bond acceptors (Lipinski definition) is 4. The first kappa shape index (κ1) is 19.4. The van der Waals surface area contributed by atoms with E-state index in [1.807, 2.05) is 37.3 Å². The molecule has 6 nitrogen and oxygen atoms in total. The van der Waals surface area contributed by atoms with Crippen molar-refractivity contribution in [2.24, 2.45) is 5.73 Å². The molecule has 0 aromatic heterocycles. The van der Waals surface area contributed by atoms with Gasteiger partial charge in [-0.15, -0.1) is 0 Å². The van der Waals surface area contributed by atoms with Gasteiger partial charge in [-0.2, -0.15) is 0 Å². The number of amides is 2. The molecule has 0 radical (unpaired) electrons. The summed E-state index contributed by atoms with van der Waals surface area (Å²) in [7, 11) is 0.